The van der Waals surface area contributed by atoms with Gasteiger partial charge in [0, 0.05) is 13.1 Å². The molecule has 0 unspecified atom stereocenters. The minimum Gasteiger partial charge on any atom is -0.354 e. The molecule has 7 heteroatoms. The predicted octanol–water partition coefficient (Wildman–Crippen LogP) is 1.89. The quantitative estimate of drug-likeness (QED) is 0.828. The molecule has 1 aromatic heterocycles. The molecular weight excluding hydrogens is 290 g/mol. The molecule has 0 radical (unpaired) electrons. The van der Waals surface area contributed by atoms with E-state index in [9.17, 15) is 4.79 Å². The molecule has 0 bridgehead atoms. The molecule has 0 atom stereocenters. The van der Waals surface area contributed by atoms with E-state index in [1.165, 1.54) is 11.8 Å². The van der Waals surface area contributed by atoms with Gasteiger partial charge in [-0.25, -0.2) is 4.98 Å². The van der Waals surface area contributed by atoms with Gasteiger partial charge in [-0.15, -0.1) is 23.7 Å². The highest BCUT2D eigenvalue weighted by atomic mass is 35.5. The van der Waals surface area contributed by atoms with Gasteiger partial charge in [-0.05, 0) is 12.1 Å². The molecule has 4 nitrogen and oxygen atoms in total. The van der Waals surface area contributed by atoms with Gasteiger partial charge in [-0.3, -0.25) is 4.79 Å². The number of hydrogen-bond donors (Lipinski definition) is 2. The Balaban J connectivity index is 0.00000162. The number of carbonyl (C=O) groups excluding carboxylic acids is 1. The van der Waals surface area contributed by atoms with Crippen molar-refractivity contribution < 1.29 is 4.79 Å². The van der Waals surface area contributed by atoms with E-state index < -0.39 is 0 Å². The van der Waals surface area contributed by atoms with Crippen LogP contribution in [0.25, 0.3) is 10.2 Å². The number of nitrogens with zero attached hydrogens (tertiary/aromatic N) is 1. The van der Waals surface area contributed by atoms with Crippen LogP contribution in [0.1, 0.15) is 0 Å². The molecule has 1 heterocycles. The average molecular weight is 304 g/mol. The van der Waals surface area contributed by atoms with Crippen molar-refractivity contribution in [2.75, 3.05) is 18.8 Å². The normalized spacial score (nSPS) is 10.1. The Morgan fingerprint density at radius 1 is 1.44 bits per heavy atom. The van der Waals surface area contributed by atoms with E-state index in [4.69, 9.17) is 5.73 Å². The van der Waals surface area contributed by atoms with Gasteiger partial charge in [-0.1, -0.05) is 23.9 Å². The molecule has 0 aliphatic heterocycles. The molecule has 0 saturated heterocycles. The molecule has 3 N–H and O–H groups in total. The lowest BCUT2D eigenvalue weighted by atomic mass is 10.3. The second-order valence-corrected chi connectivity index (χ2v) is 5.63. The maximum Gasteiger partial charge on any atom is 0.230 e. The molecular formula is C11H14ClN3OS2. The number of hydrogen-bond acceptors (Lipinski definition) is 5. The topological polar surface area (TPSA) is 68.0 Å². The molecule has 0 spiro atoms. The maximum absolute atomic E-state index is 11.4. The highest BCUT2D eigenvalue weighted by Gasteiger charge is 2.06. The number of aromatic nitrogens is 1. The summed E-state index contributed by atoms with van der Waals surface area (Å²) >= 11 is 3.07. The van der Waals surface area contributed by atoms with E-state index >= 15 is 0 Å². The number of para-hydroxylation sites is 1. The van der Waals surface area contributed by atoms with Crippen LogP contribution in [0.2, 0.25) is 0 Å². The highest BCUT2D eigenvalue weighted by molar-refractivity contribution is 8.01. The predicted molar refractivity (Wildman–Crippen MR) is 79.7 cm³/mol. The second-order valence-electron chi connectivity index (χ2n) is 3.37. The van der Waals surface area contributed by atoms with Gasteiger partial charge in [-0.2, -0.15) is 0 Å². The zero-order valence-corrected chi connectivity index (χ0v) is 12.0. The van der Waals surface area contributed by atoms with Crippen LogP contribution in [0, 0.1) is 0 Å². The van der Waals surface area contributed by atoms with Crippen LogP contribution in [0.15, 0.2) is 28.6 Å². The summed E-state index contributed by atoms with van der Waals surface area (Å²) in [6.07, 6.45) is 0. The van der Waals surface area contributed by atoms with E-state index in [0.717, 1.165) is 14.6 Å². The van der Waals surface area contributed by atoms with Crippen molar-refractivity contribution in [1.29, 1.82) is 0 Å². The number of halogens is 1. The molecule has 0 fully saturated rings. The molecule has 0 saturated carbocycles. The number of nitrogens with one attached hydrogen (secondary N) is 1. The van der Waals surface area contributed by atoms with Crippen molar-refractivity contribution in [3.05, 3.63) is 24.3 Å². The Morgan fingerprint density at radius 2 is 2.22 bits per heavy atom. The Labute approximate surface area is 120 Å². The van der Waals surface area contributed by atoms with Crippen molar-refractivity contribution in [1.82, 2.24) is 10.3 Å². The van der Waals surface area contributed by atoms with Crippen LogP contribution >= 0.6 is 35.5 Å². The Hall–Kier alpha value is -0.820. The smallest absolute Gasteiger partial charge is 0.230 e. The summed E-state index contributed by atoms with van der Waals surface area (Å²) in [5.41, 5.74) is 6.29. The number of rotatable bonds is 5. The third-order valence-corrected chi connectivity index (χ3v) is 4.25. The number of thioether (sulfide) groups is 1. The van der Waals surface area contributed by atoms with Crippen LogP contribution in [-0.4, -0.2) is 29.7 Å². The van der Waals surface area contributed by atoms with Crippen molar-refractivity contribution in [3.8, 4) is 0 Å². The minimum absolute atomic E-state index is 0. The Bertz CT molecular complexity index is 485. The fourth-order valence-electron chi connectivity index (χ4n) is 1.30. The van der Waals surface area contributed by atoms with Crippen molar-refractivity contribution in [2.24, 2.45) is 5.73 Å². The summed E-state index contributed by atoms with van der Waals surface area (Å²) in [6, 6.07) is 7.96. The lowest BCUT2D eigenvalue weighted by molar-refractivity contribution is -0.118. The maximum atomic E-state index is 11.4. The third-order valence-electron chi connectivity index (χ3n) is 2.07. The van der Waals surface area contributed by atoms with Gasteiger partial charge in [0.1, 0.15) is 0 Å². The number of amides is 1. The van der Waals surface area contributed by atoms with Gasteiger partial charge in [0.25, 0.3) is 0 Å². The Kier molecular flexibility index (Phi) is 6.42. The van der Waals surface area contributed by atoms with Crippen LogP contribution in [0.5, 0.6) is 0 Å². The molecule has 18 heavy (non-hydrogen) atoms. The fourth-order valence-corrected chi connectivity index (χ4v) is 3.20. The van der Waals surface area contributed by atoms with Crippen LogP contribution in [0.4, 0.5) is 0 Å². The first kappa shape index (κ1) is 15.2. The number of carbonyl (C=O) groups is 1. The minimum atomic E-state index is -0.000272. The molecule has 1 aromatic carbocycles. The monoisotopic (exact) mass is 303 g/mol. The van der Waals surface area contributed by atoms with E-state index in [-0.39, 0.29) is 18.3 Å². The van der Waals surface area contributed by atoms with E-state index in [1.54, 1.807) is 11.3 Å². The summed E-state index contributed by atoms with van der Waals surface area (Å²) in [5, 5.41) is 2.73. The lowest BCUT2D eigenvalue weighted by Crippen LogP contribution is -2.30. The molecule has 0 aliphatic carbocycles. The van der Waals surface area contributed by atoms with E-state index in [0.29, 0.717) is 18.8 Å². The van der Waals surface area contributed by atoms with Crippen molar-refractivity contribution >= 4 is 51.6 Å². The first-order chi connectivity index (χ1) is 8.29. The first-order valence-corrected chi connectivity index (χ1v) is 7.05. The van der Waals surface area contributed by atoms with Crippen molar-refractivity contribution in [3.63, 3.8) is 0 Å². The summed E-state index contributed by atoms with van der Waals surface area (Å²) < 4.78 is 2.08. The third kappa shape index (κ3) is 4.13. The van der Waals surface area contributed by atoms with Crippen LogP contribution < -0.4 is 11.1 Å². The summed E-state index contributed by atoms with van der Waals surface area (Å²) in [6.45, 7) is 0.997. The van der Waals surface area contributed by atoms with Gasteiger partial charge < -0.3 is 11.1 Å². The van der Waals surface area contributed by atoms with Gasteiger partial charge in [0.05, 0.1) is 16.0 Å². The molecule has 2 aromatic rings. The van der Waals surface area contributed by atoms with Crippen LogP contribution in [0.3, 0.4) is 0 Å². The van der Waals surface area contributed by atoms with Gasteiger partial charge in [0.2, 0.25) is 5.91 Å². The number of nitrogens with two attached hydrogens (primary N) is 1. The van der Waals surface area contributed by atoms with Crippen molar-refractivity contribution in [2.45, 2.75) is 4.34 Å². The number of fused-ring (bicyclic) bond motifs is 1. The zero-order valence-electron chi connectivity index (χ0n) is 9.59. The fraction of sp³-hybridized carbons (Fsp3) is 0.273. The van der Waals surface area contributed by atoms with E-state index in [2.05, 4.69) is 10.3 Å². The molecule has 0 aliphatic rings. The number of thiazole rings is 1. The van der Waals surface area contributed by atoms with Gasteiger partial charge >= 0.3 is 0 Å². The molecule has 2 rings (SSSR count). The summed E-state index contributed by atoms with van der Waals surface area (Å²) in [7, 11) is 0. The van der Waals surface area contributed by atoms with Crippen LogP contribution in [-0.2, 0) is 4.79 Å². The SMILES string of the molecule is Cl.NCCNC(=O)CSc1nc2ccccc2s1. The zero-order chi connectivity index (χ0) is 12.1. The first-order valence-electron chi connectivity index (χ1n) is 5.25. The Morgan fingerprint density at radius 3 is 2.94 bits per heavy atom. The standard InChI is InChI=1S/C11H13N3OS2.ClH/c12-5-6-13-10(15)7-16-11-14-8-3-1-2-4-9(8)17-11;/h1-4H,5-7,12H2,(H,13,15);1H. The summed E-state index contributed by atoms with van der Waals surface area (Å²) in [4.78, 5) is 15.8. The summed E-state index contributed by atoms with van der Waals surface area (Å²) in [5.74, 6) is 0.388. The van der Waals surface area contributed by atoms with E-state index in [1.807, 2.05) is 24.3 Å². The highest BCUT2D eigenvalue weighted by Crippen LogP contribution is 2.28. The van der Waals surface area contributed by atoms with Gasteiger partial charge in [0.15, 0.2) is 4.34 Å². The largest absolute Gasteiger partial charge is 0.354 e. The molecule has 1 amide bonds. The number of benzene rings is 1. The molecule has 98 valence electrons. The second kappa shape index (κ2) is 7.58. The lowest BCUT2D eigenvalue weighted by Gasteiger charge is -2.00. The average Bonchev–Trinajstić information content (AvgIpc) is 2.76.